The normalized spacial score (nSPS) is 15.1. The maximum atomic E-state index is 14.7. The molecule has 272 valence electrons. The molecule has 0 saturated heterocycles. The largest absolute Gasteiger partial charge is 0.481 e. The molecule has 6 rings (SSSR count). The van der Waals surface area contributed by atoms with Crippen LogP contribution in [-0.4, -0.2) is 90.4 Å². The number of sulfonamides is 1. The molecule has 3 aromatic rings. The number of terminal acetylenes is 1. The van der Waals surface area contributed by atoms with E-state index in [4.69, 9.17) is 25.7 Å². The molecule has 2 aromatic heterocycles. The smallest absolute Gasteiger partial charge is 0.340 e. The number of carboxylic acids is 1. The van der Waals surface area contributed by atoms with E-state index in [1.807, 2.05) is 0 Å². The van der Waals surface area contributed by atoms with Gasteiger partial charge in [0.1, 0.15) is 11.3 Å². The number of ether oxygens (including phenoxy) is 3. The topological polar surface area (TPSA) is 242 Å². The quantitative estimate of drug-likeness (QED) is 0.218. The number of aromatic nitrogens is 4. The Labute approximate surface area is 294 Å². The first kappa shape index (κ1) is 36.7. The Morgan fingerprint density at radius 1 is 1.04 bits per heavy atom. The van der Waals surface area contributed by atoms with Gasteiger partial charge in [0.05, 0.1) is 44.4 Å². The first-order valence-electron chi connectivity index (χ1n) is 15.1. The zero-order valence-electron chi connectivity index (χ0n) is 27.6. The van der Waals surface area contributed by atoms with E-state index in [1.54, 1.807) is 4.72 Å². The number of rotatable bonds is 8. The second-order valence-electron chi connectivity index (χ2n) is 11.0. The fourth-order valence-electron chi connectivity index (χ4n) is 5.46. The van der Waals surface area contributed by atoms with Gasteiger partial charge in [-0.05, 0) is 31.7 Å². The maximum absolute atomic E-state index is 14.7. The molecule has 0 saturated carbocycles. The van der Waals surface area contributed by atoms with Crippen molar-refractivity contribution in [2.75, 3.05) is 42.5 Å². The molecular weight excluding hydrogens is 711 g/mol. The van der Waals surface area contributed by atoms with E-state index >= 15 is 0 Å². The van der Waals surface area contributed by atoms with Crippen LogP contribution in [0.2, 0.25) is 0 Å². The molecule has 5 amide bonds. The third-order valence-electron chi connectivity index (χ3n) is 7.77. The maximum Gasteiger partial charge on any atom is 0.340 e. The highest BCUT2D eigenvalue weighted by molar-refractivity contribution is 7.90. The number of aromatic carboxylic acids is 1. The third-order valence-corrected chi connectivity index (χ3v) is 9.22. The number of amides is 5. The summed E-state index contributed by atoms with van der Waals surface area (Å²) < 4.78 is 56.8. The molecule has 1 aliphatic carbocycles. The standard InChI is InChI=1S/C19H15FN2O4.C12H14N6O7S/c1-2-7-21-15-9-14(13(20)8-16(15)26-10-17(21)23)22-18(24)11-5-3-4-6-12(11)19(22)25;1-18-9(6(5-13-18)10(19)20)26(22,23)17-12(21)16-11-14-7(24-2)4-8(15-11)25-3/h1,8-9H,3-7,10H2;4-5H,1-3H3,(H,19,20)(H2,14,15,16,17,21). The summed E-state index contributed by atoms with van der Waals surface area (Å²) >= 11 is 0. The Balaban J connectivity index is 0.000000201. The first-order valence-corrected chi connectivity index (χ1v) is 16.6. The van der Waals surface area contributed by atoms with Crippen molar-refractivity contribution in [3.8, 4) is 29.9 Å². The number of hydrogen-bond acceptors (Lipinski definition) is 13. The number of carbonyl (C=O) groups is 5. The van der Waals surface area contributed by atoms with Crippen molar-refractivity contribution >= 4 is 57.1 Å². The van der Waals surface area contributed by atoms with E-state index in [-0.39, 0.29) is 53.9 Å². The van der Waals surface area contributed by atoms with Crippen LogP contribution < -0.4 is 34.0 Å². The number of imide groups is 1. The van der Waals surface area contributed by atoms with Gasteiger partial charge in [-0.1, -0.05) is 5.92 Å². The number of nitrogens with one attached hydrogen (secondary N) is 2. The van der Waals surface area contributed by atoms with Crippen LogP contribution in [0.1, 0.15) is 36.0 Å². The lowest BCUT2D eigenvalue weighted by Crippen LogP contribution is -2.39. The molecule has 0 fully saturated rings. The number of methoxy groups -OCH3 is 2. The number of halogens is 1. The summed E-state index contributed by atoms with van der Waals surface area (Å²) in [7, 11) is -0.667. The minimum absolute atomic E-state index is 0.0170. The zero-order valence-corrected chi connectivity index (χ0v) is 28.4. The third kappa shape index (κ3) is 7.17. The molecular formula is C31H29FN8O11S. The van der Waals surface area contributed by atoms with Crippen molar-refractivity contribution < 1.29 is 56.1 Å². The number of hydrogen-bond donors (Lipinski definition) is 3. The van der Waals surface area contributed by atoms with Crippen molar-refractivity contribution in [1.82, 2.24) is 24.5 Å². The summed E-state index contributed by atoms with van der Waals surface area (Å²) in [4.78, 5) is 70.2. The van der Waals surface area contributed by atoms with Gasteiger partial charge in [0.2, 0.25) is 17.7 Å². The average Bonchev–Trinajstić information content (AvgIpc) is 3.63. The van der Waals surface area contributed by atoms with Gasteiger partial charge in [-0.3, -0.25) is 29.3 Å². The summed E-state index contributed by atoms with van der Waals surface area (Å²) in [6, 6.07) is 2.48. The van der Waals surface area contributed by atoms with Gasteiger partial charge >= 0.3 is 12.0 Å². The lowest BCUT2D eigenvalue weighted by atomic mass is 9.93. The van der Waals surface area contributed by atoms with Crippen LogP contribution in [0.5, 0.6) is 17.5 Å². The number of fused-ring (bicyclic) bond motifs is 1. The molecule has 52 heavy (non-hydrogen) atoms. The summed E-state index contributed by atoms with van der Waals surface area (Å²) in [5.74, 6) is -1.27. The lowest BCUT2D eigenvalue weighted by molar-refractivity contribution is -0.121. The fraction of sp³-hybridized carbons (Fsp3) is 0.290. The summed E-state index contributed by atoms with van der Waals surface area (Å²) in [6.07, 6.45) is 8.86. The minimum Gasteiger partial charge on any atom is -0.481 e. The van der Waals surface area contributed by atoms with Gasteiger partial charge in [0.15, 0.2) is 17.5 Å². The van der Waals surface area contributed by atoms with Crippen molar-refractivity contribution in [2.24, 2.45) is 7.05 Å². The lowest BCUT2D eigenvalue weighted by Gasteiger charge is -2.29. The molecule has 0 spiro atoms. The number of carboxylic acid groups (broad SMARTS) is 1. The van der Waals surface area contributed by atoms with E-state index in [9.17, 15) is 36.8 Å². The second kappa shape index (κ2) is 14.7. The molecule has 0 atom stereocenters. The molecule has 0 bridgehead atoms. The van der Waals surface area contributed by atoms with Crippen molar-refractivity contribution in [1.29, 1.82) is 0 Å². The molecule has 19 nitrogen and oxygen atoms in total. The second-order valence-corrected chi connectivity index (χ2v) is 12.6. The SMILES string of the molecule is C#CCN1C(=O)COc2cc(F)c(N3C(=O)C4=C(CCCC4)C3=O)cc21.COc1cc(OC)nc(NC(=O)NS(=O)(=O)c2c(C(=O)O)cnn2C)n1. The van der Waals surface area contributed by atoms with E-state index in [0.29, 0.717) is 24.0 Å². The molecule has 21 heteroatoms. The van der Waals surface area contributed by atoms with Gasteiger partial charge < -0.3 is 19.3 Å². The van der Waals surface area contributed by atoms with Crippen LogP contribution in [-0.2, 0) is 31.5 Å². The van der Waals surface area contributed by atoms with Gasteiger partial charge in [0.25, 0.3) is 27.7 Å². The number of carbonyl (C=O) groups excluding carboxylic acids is 4. The molecule has 0 unspecified atom stereocenters. The van der Waals surface area contributed by atoms with Crippen molar-refractivity contribution in [2.45, 2.75) is 30.7 Å². The number of anilines is 3. The Kier molecular flexibility index (Phi) is 10.4. The summed E-state index contributed by atoms with van der Waals surface area (Å²) in [5, 5.41) is 14.0. The van der Waals surface area contributed by atoms with Gasteiger partial charge in [-0.25, -0.2) is 23.6 Å². The van der Waals surface area contributed by atoms with E-state index < -0.39 is 50.2 Å². The highest BCUT2D eigenvalue weighted by atomic mass is 32.2. The van der Waals surface area contributed by atoms with Crippen LogP contribution in [0, 0.1) is 18.2 Å². The highest BCUT2D eigenvalue weighted by Crippen LogP contribution is 2.41. The molecule has 3 aliphatic rings. The Morgan fingerprint density at radius 2 is 1.65 bits per heavy atom. The number of aryl methyl sites for hydroxylation is 1. The highest BCUT2D eigenvalue weighted by Gasteiger charge is 2.42. The zero-order chi connectivity index (χ0) is 37.9. The van der Waals surface area contributed by atoms with Crippen LogP contribution >= 0.6 is 0 Å². The summed E-state index contributed by atoms with van der Waals surface area (Å²) in [5.41, 5.74) is 0.402. The van der Waals surface area contributed by atoms with Gasteiger partial charge in [0, 0.05) is 24.3 Å². The molecule has 3 N–H and O–H groups in total. The van der Waals surface area contributed by atoms with Gasteiger partial charge in [-0.15, -0.1) is 6.42 Å². The Morgan fingerprint density at radius 3 is 2.21 bits per heavy atom. The van der Waals surface area contributed by atoms with Crippen molar-refractivity contribution in [3.05, 3.63) is 46.9 Å². The number of urea groups is 1. The van der Waals surface area contributed by atoms with E-state index in [2.05, 4.69) is 26.3 Å². The average molecular weight is 741 g/mol. The Bertz CT molecular complexity index is 2150. The van der Waals surface area contributed by atoms with Gasteiger partial charge in [-0.2, -0.15) is 23.5 Å². The fourth-order valence-corrected chi connectivity index (χ4v) is 6.68. The number of benzene rings is 1. The van der Waals surface area contributed by atoms with Crippen LogP contribution in [0.3, 0.4) is 0 Å². The monoisotopic (exact) mass is 740 g/mol. The predicted octanol–water partition coefficient (Wildman–Crippen LogP) is 1.36. The number of nitrogens with zero attached hydrogens (tertiary/aromatic N) is 6. The molecule has 0 radical (unpaired) electrons. The Hall–Kier alpha value is -6.56. The molecule has 2 aliphatic heterocycles. The van der Waals surface area contributed by atoms with Crippen molar-refractivity contribution in [3.63, 3.8) is 0 Å². The minimum atomic E-state index is -4.53. The van der Waals surface area contributed by atoms with E-state index in [1.165, 1.54) is 38.3 Å². The summed E-state index contributed by atoms with van der Waals surface area (Å²) in [6.45, 7) is -0.262. The molecule has 1 aromatic carbocycles. The van der Waals surface area contributed by atoms with Crippen LogP contribution in [0.25, 0.3) is 0 Å². The molecule has 4 heterocycles. The van der Waals surface area contributed by atoms with E-state index in [0.717, 1.165) is 34.7 Å². The van der Waals surface area contributed by atoms with Crippen LogP contribution in [0.15, 0.2) is 40.6 Å². The van der Waals surface area contributed by atoms with Crippen LogP contribution in [0.4, 0.5) is 26.5 Å². The predicted molar refractivity (Wildman–Crippen MR) is 176 cm³/mol. The first-order chi connectivity index (χ1) is 24.7.